The Labute approximate surface area is 158 Å². The van der Waals surface area contributed by atoms with Crippen LogP contribution in [0, 0.1) is 11.8 Å². The first-order valence-corrected chi connectivity index (χ1v) is 9.17. The molecule has 1 atom stereocenters. The molecule has 2 aromatic rings. The first kappa shape index (κ1) is 20.6. The predicted molar refractivity (Wildman–Crippen MR) is 97.7 cm³/mol. The summed E-state index contributed by atoms with van der Waals surface area (Å²) in [6.45, 7) is 5.25. The SMILES string of the molecule is CC#CC(O)(c1cncnc1)C(C)(C)Sc1ccc(SC(F)(F)F)cc1. The summed E-state index contributed by atoms with van der Waals surface area (Å²) in [6, 6.07) is 6.02. The fourth-order valence-corrected chi connectivity index (χ4v) is 4.03. The second-order valence-electron chi connectivity index (χ2n) is 5.84. The smallest absolute Gasteiger partial charge is 0.372 e. The maximum Gasteiger partial charge on any atom is 0.446 e. The third kappa shape index (κ3) is 4.93. The molecular formula is C18H17F3N2OS2. The monoisotopic (exact) mass is 398 g/mol. The Bertz CT molecular complexity index is 799. The minimum absolute atomic E-state index is 0.111. The van der Waals surface area contributed by atoms with E-state index in [1.165, 1.54) is 42.6 Å². The zero-order valence-corrected chi connectivity index (χ0v) is 16.0. The summed E-state index contributed by atoms with van der Waals surface area (Å²) < 4.78 is 36.5. The summed E-state index contributed by atoms with van der Waals surface area (Å²) in [5, 5.41) is 11.3. The van der Waals surface area contributed by atoms with Crippen molar-refractivity contribution in [1.82, 2.24) is 9.97 Å². The molecule has 0 bridgehead atoms. The zero-order valence-electron chi connectivity index (χ0n) is 14.3. The number of nitrogens with zero attached hydrogens (tertiary/aromatic N) is 2. The van der Waals surface area contributed by atoms with Gasteiger partial charge in [-0.15, -0.1) is 17.7 Å². The highest BCUT2D eigenvalue weighted by atomic mass is 32.2. The molecule has 1 heterocycles. The van der Waals surface area contributed by atoms with Crippen LogP contribution in [0.3, 0.4) is 0 Å². The van der Waals surface area contributed by atoms with Gasteiger partial charge in [0, 0.05) is 27.7 Å². The van der Waals surface area contributed by atoms with E-state index in [9.17, 15) is 18.3 Å². The number of aliphatic hydroxyl groups is 1. The molecular weight excluding hydrogens is 381 g/mol. The van der Waals surface area contributed by atoms with Crippen LogP contribution in [0.5, 0.6) is 0 Å². The number of hydrogen-bond donors (Lipinski definition) is 1. The Hall–Kier alpha value is -1.69. The van der Waals surface area contributed by atoms with Gasteiger partial charge in [0.15, 0.2) is 5.60 Å². The molecule has 138 valence electrons. The predicted octanol–water partition coefficient (Wildman–Crippen LogP) is 4.87. The normalized spacial score (nSPS) is 14.3. The molecule has 1 unspecified atom stereocenters. The third-order valence-corrected chi connectivity index (χ3v) is 5.64. The van der Waals surface area contributed by atoms with Crippen molar-refractivity contribution in [3.63, 3.8) is 0 Å². The lowest BCUT2D eigenvalue weighted by Gasteiger charge is -2.38. The standard InChI is InChI=1S/C18H17F3N2OS2/c1-4-9-17(24,13-10-22-12-23-11-13)16(2,3)25-14-5-7-15(8-6-14)26-18(19,20)21/h5-8,10-12,24H,1-3H3. The van der Waals surface area contributed by atoms with Crippen molar-refractivity contribution in [3.8, 4) is 11.8 Å². The van der Waals surface area contributed by atoms with E-state index in [0.29, 0.717) is 5.56 Å². The summed E-state index contributed by atoms with van der Waals surface area (Å²) >= 11 is 1.16. The Balaban J connectivity index is 2.29. The molecule has 0 saturated heterocycles. The average molecular weight is 398 g/mol. The highest BCUT2D eigenvalue weighted by Crippen LogP contribution is 2.46. The minimum atomic E-state index is -4.32. The van der Waals surface area contributed by atoms with Crippen LogP contribution in [0.25, 0.3) is 0 Å². The van der Waals surface area contributed by atoms with Gasteiger partial charge < -0.3 is 5.11 Å². The molecule has 0 spiro atoms. The second-order valence-corrected chi connectivity index (χ2v) is 8.68. The van der Waals surface area contributed by atoms with Gasteiger partial charge in [0.1, 0.15) is 6.33 Å². The lowest BCUT2D eigenvalue weighted by molar-refractivity contribution is -0.0328. The van der Waals surface area contributed by atoms with Crippen molar-refractivity contribution < 1.29 is 18.3 Å². The van der Waals surface area contributed by atoms with E-state index in [2.05, 4.69) is 21.8 Å². The summed E-state index contributed by atoms with van der Waals surface area (Å²) in [4.78, 5) is 8.71. The van der Waals surface area contributed by atoms with E-state index in [0.717, 1.165) is 4.90 Å². The van der Waals surface area contributed by atoms with Crippen molar-refractivity contribution in [2.75, 3.05) is 0 Å². The number of aromatic nitrogens is 2. The van der Waals surface area contributed by atoms with E-state index < -0.39 is 15.9 Å². The van der Waals surface area contributed by atoms with E-state index in [1.54, 1.807) is 19.1 Å². The molecule has 0 saturated carbocycles. The largest absolute Gasteiger partial charge is 0.446 e. The Morgan fingerprint density at radius 3 is 1.92 bits per heavy atom. The highest BCUT2D eigenvalue weighted by molar-refractivity contribution is 8.01. The number of benzene rings is 1. The molecule has 0 aliphatic heterocycles. The fraction of sp³-hybridized carbons (Fsp3) is 0.333. The maximum absolute atomic E-state index is 12.4. The lowest BCUT2D eigenvalue weighted by Crippen LogP contribution is -2.44. The van der Waals surface area contributed by atoms with Crippen LogP contribution in [0.2, 0.25) is 0 Å². The summed E-state index contributed by atoms with van der Waals surface area (Å²) in [7, 11) is 0. The van der Waals surface area contributed by atoms with Crippen LogP contribution in [0.15, 0.2) is 52.8 Å². The van der Waals surface area contributed by atoms with Crippen LogP contribution in [0.1, 0.15) is 26.3 Å². The van der Waals surface area contributed by atoms with Gasteiger partial charge in [-0.05, 0) is 56.8 Å². The first-order valence-electron chi connectivity index (χ1n) is 7.54. The van der Waals surface area contributed by atoms with Crippen molar-refractivity contribution in [3.05, 3.63) is 48.5 Å². The van der Waals surface area contributed by atoms with Crippen LogP contribution >= 0.6 is 23.5 Å². The van der Waals surface area contributed by atoms with E-state index in [1.807, 2.05) is 13.8 Å². The van der Waals surface area contributed by atoms with Crippen LogP contribution in [-0.4, -0.2) is 25.3 Å². The lowest BCUT2D eigenvalue weighted by atomic mass is 9.84. The van der Waals surface area contributed by atoms with Crippen LogP contribution in [-0.2, 0) is 5.60 Å². The van der Waals surface area contributed by atoms with E-state index in [-0.39, 0.29) is 16.7 Å². The molecule has 2 rings (SSSR count). The van der Waals surface area contributed by atoms with Crippen molar-refractivity contribution in [1.29, 1.82) is 0 Å². The molecule has 1 aromatic heterocycles. The maximum atomic E-state index is 12.4. The average Bonchev–Trinajstić information content (AvgIpc) is 2.56. The van der Waals surface area contributed by atoms with Gasteiger partial charge in [-0.3, -0.25) is 0 Å². The van der Waals surface area contributed by atoms with Gasteiger partial charge in [0.25, 0.3) is 0 Å². The van der Waals surface area contributed by atoms with Gasteiger partial charge >= 0.3 is 5.51 Å². The molecule has 1 aromatic carbocycles. The van der Waals surface area contributed by atoms with Crippen molar-refractivity contribution in [2.24, 2.45) is 0 Å². The topological polar surface area (TPSA) is 46.0 Å². The van der Waals surface area contributed by atoms with Gasteiger partial charge in [-0.2, -0.15) is 13.2 Å². The molecule has 3 nitrogen and oxygen atoms in total. The summed E-state index contributed by atoms with van der Waals surface area (Å²) in [5.74, 6) is 5.57. The Morgan fingerprint density at radius 2 is 1.46 bits per heavy atom. The van der Waals surface area contributed by atoms with Crippen LogP contribution < -0.4 is 0 Å². The molecule has 1 N–H and O–H groups in total. The zero-order chi connectivity index (χ0) is 19.4. The van der Waals surface area contributed by atoms with Gasteiger partial charge in [0.2, 0.25) is 0 Å². The number of rotatable bonds is 5. The molecule has 0 amide bonds. The highest BCUT2D eigenvalue weighted by Gasteiger charge is 2.45. The molecule has 8 heteroatoms. The minimum Gasteiger partial charge on any atom is -0.372 e. The summed E-state index contributed by atoms with van der Waals surface area (Å²) in [5.41, 5.74) is -5.40. The van der Waals surface area contributed by atoms with Crippen molar-refractivity contribution in [2.45, 2.75) is 46.4 Å². The Morgan fingerprint density at radius 1 is 0.962 bits per heavy atom. The molecule has 0 fully saturated rings. The first-order chi connectivity index (χ1) is 12.1. The number of halogens is 3. The van der Waals surface area contributed by atoms with E-state index >= 15 is 0 Å². The van der Waals surface area contributed by atoms with E-state index in [4.69, 9.17) is 0 Å². The quantitative estimate of drug-likeness (QED) is 0.575. The van der Waals surface area contributed by atoms with Crippen LogP contribution in [0.4, 0.5) is 13.2 Å². The molecule has 0 aliphatic rings. The van der Waals surface area contributed by atoms with Gasteiger partial charge in [0.05, 0.1) is 4.75 Å². The number of alkyl halides is 3. The number of hydrogen-bond acceptors (Lipinski definition) is 5. The van der Waals surface area contributed by atoms with Gasteiger partial charge in [-0.1, -0.05) is 5.92 Å². The van der Waals surface area contributed by atoms with Crippen molar-refractivity contribution >= 4 is 23.5 Å². The fourth-order valence-electron chi connectivity index (χ4n) is 2.31. The Kier molecular flexibility index (Phi) is 6.27. The molecule has 26 heavy (non-hydrogen) atoms. The summed E-state index contributed by atoms with van der Waals surface area (Å²) in [6.07, 6.45) is 4.37. The second kappa shape index (κ2) is 7.91. The number of thioether (sulfide) groups is 2. The van der Waals surface area contributed by atoms with Gasteiger partial charge in [-0.25, -0.2) is 9.97 Å². The third-order valence-electron chi connectivity index (χ3n) is 3.59. The molecule has 0 aliphatic carbocycles. The molecule has 0 radical (unpaired) electrons.